The summed E-state index contributed by atoms with van der Waals surface area (Å²) in [5.41, 5.74) is 1.75. The van der Waals surface area contributed by atoms with Crippen molar-refractivity contribution < 1.29 is 13.2 Å². The van der Waals surface area contributed by atoms with Crippen molar-refractivity contribution in [1.29, 1.82) is 0 Å². The Kier molecular flexibility index (Phi) is 6.11. The van der Waals surface area contributed by atoms with Crippen molar-refractivity contribution in [2.24, 2.45) is 12.0 Å². The summed E-state index contributed by atoms with van der Waals surface area (Å²) in [7, 11) is 1.69. The predicted molar refractivity (Wildman–Crippen MR) is 130 cm³/mol. The molecule has 0 aliphatic carbocycles. The van der Waals surface area contributed by atoms with E-state index in [0.717, 1.165) is 36.0 Å². The van der Waals surface area contributed by atoms with Crippen LogP contribution in [0.25, 0.3) is 22.5 Å². The molecule has 0 amide bonds. The average molecular weight is 495 g/mol. The fraction of sp³-hybridized carbons (Fsp3) is 0.308. The van der Waals surface area contributed by atoms with E-state index in [2.05, 4.69) is 20.3 Å². The van der Waals surface area contributed by atoms with Gasteiger partial charge in [0, 0.05) is 43.5 Å². The third-order valence-electron chi connectivity index (χ3n) is 6.41. The number of halogens is 3. The number of hydrogen-bond acceptors (Lipinski definition) is 5. The summed E-state index contributed by atoms with van der Waals surface area (Å²) in [6, 6.07) is 8.47. The van der Waals surface area contributed by atoms with Crippen molar-refractivity contribution in [1.82, 2.24) is 19.1 Å². The van der Waals surface area contributed by atoms with Crippen LogP contribution in [0.2, 0.25) is 0 Å². The smallest absolute Gasteiger partial charge is 0.266 e. The molecular formula is C26H25F3N6O. The molecule has 1 unspecified atom stereocenters. The number of nitrogens with zero attached hydrogens (tertiary/aromatic N) is 5. The predicted octanol–water partition coefficient (Wildman–Crippen LogP) is 4.61. The third kappa shape index (κ3) is 4.16. The van der Waals surface area contributed by atoms with E-state index < -0.39 is 23.8 Å². The zero-order chi connectivity index (χ0) is 25.6. The zero-order valence-electron chi connectivity index (χ0n) is 20.1. The average Bonchev–Trinajstić information content (AvgIpc) is 2.85. The van der Waals surface area contributed by atoms with E-state index in [4.69, 9.17) is 0 Å². The molecule has 0 radical (unpaired) electrons. The summed E-state index contributed by atoms with van der Waals surface area (Å²) in [5, 5.41) is 3.43. The van der Waals surface area contributed by atoms with Crippen molar-refractivity contribution in [3.8, 4) is 22.5 Å². The molecule has 7 nitrogen and oxygen atoms in total. The maximum atomic E-state index is 14.8. The monoisotopic (exact) mass is 494 g/mol. The highest BCUT2D eigenvalue weighted by Gasteiger charge is 2.24. The summed E-state index contributed by atoms with van der Waals surface area (Å²) < 4.78 is 44.9. The first kappa shape index (κ1) is 23.8. The van der Waals surface area contributed by atoms with Crippen molar-refractivity contribution in [3.63, 3.8) is 0 Å². The van der Waals surface area contributed by atoms with Crippen molar-refractivity contribution in [2.45, 2.75) is 39.3 Å². The Labute approximate surface area is 205 Å². The maximum absolute atomic E-state index is 14.8. The number of nitrogens with one attached hydrogen (secondary N) is 1. The standard InChI is InChI=1S/C26H25F3N6O/c1-14(17-6-4-7-18(22(17)27)23(28)29)31-24-20-13-19(16-8-11-34(3)21(36)12-16)25-30-9-5-10-35(25)26(20)33-15(2)32-24/h4,6-8,11-14,23,30H,5,9-10H2,1-3H3. The number of pyridine rings is 2. The number of alkyl halides is 2. The summed E-state index contributed by atoms with van der Waals surface area (Å²) in [4.78, 5) is 26.2. The van der Waals surface area contributed by atoms with Crippen molar-refractivity contribution in [3.05, 3.63) is 81.2 Å². The van der Waals surface area contributed by atoms with Crippen LogP contribution in [0.3, 0.4) is 0 Å². The lowest BCUT2D eigenvalue weighted by Crippen LogP contribution is -2.27. The van der Waals surface area contributed by atoms with Crippen LogP contribution in [0.4, 0.5) is 19.0 Å². The fourth-order valence-corrected chi connectivity index (χ4v) is 4.55. The molecular weight excluding hydrogens is 469 g/mol. The van der Waals surface area contributed by atoms with E-state index in [1.807, 2.05) is 16.7 Å². The topological polar surface area (TPSA) is 77.1 Å². The fourth-order valence-electron chi connectivity index (χ4n) is 4.55. The van der Waals surface area contributed by atoms with Gasteiger partial charge in [0.1, 0.15) is 23.3 Å². The number of rotatable bonds is 4. The molecule has 2 aromatic rings. The third-order valence-corrected chi connectivity index (χ3v) is 6.41. The van der Waals surface area contributed by atoms with E-state index in [1.165, 1.54) is 16.7 Å². The molecule has 36 heavy (non-hydrogen) atoms. The molecule has 1 atom stereocenters. The molecule has 0 bridgehead atoms. The quantitative estimate of drug-likeness (QED) is 0.450. The van der Waals surface area contributed by atoms with Gasteiger partial charge >= 0.3 is 0 Å². The molecule has 3 aliphatic heterocycles. The first-order chi connectivity index (χ1) is 17.2. The van der Waals surface area contributed by atoms with Gasteiger partial charge in [-0.1, -0.05) is 18.2 Å². The van der Waals surface area contributed by atoms with E-state index in [0.29, 0.717) is 29.2 Å². The second kappa shape index (κ2) is 9.25. The van der Waals surface area contributed by atoms with Crippen molar-refractivity contribution in [2.75, 3.05) is 11.9 Å². The minimum absolute atomic E-state index is 0.0660. The lowest BCUT2D eigenvalue weighted by molar-refractivity contribution is 0.146. The number of aryl methyl sites for hydroxylation is 2. The van der Waals surface area contributed by atoms with Gasteiger partial charge in [-0.3, -0.25) is 9.79 Å². The van der Waals surface area contributed by atoms with Gasteiger partial charge in [0.05, 0.1) is 17.2 Å². The van der Waals surface area contributed by atoms with Crippen LogP contribution in [-0.2, 0) is 13.6 Å². The zero-order valence-corrected chi connectivity index (χ0v) is 20.1. The van der Waals surface area contributed by atoms with Crippen LogP contribution in [0, 0.1) is 12.7 Å². The molecule has 4 heterocycles. The summed E-state index contributed by atoms with van der Waals surface area (Å²) in [6.45, 7) is 4.88. The highest BCUT2D eigenvalue weighted by Crippen LogP contribution is 2.35. The Morgan fingerprint density at radius 1 is 1.11 bits per heavy atom. The number of anilines is 1. The van der Waals surface area contributed by atoms with Gasteiger partial charge in [-0.2, -0.15) is 0 Å². The first-order valence-corrected chi connectivity index (χ1v) is 11.7. The molecule has 1 aromatic carbocycles. The van der Waals surface area contributed by atoms with Crippen LogP contribution < -0.4 is 16.4 Å². The van der Waals surface area contributed by atoms with E-state index in [9.17, 15) is 18.0 Å². The van der Waals surface area contributed by atoms with Gasteiger partial charge in [-0.05, 0) is 38.0 Å². The van der Waals surface area contributed by atoms with Crippen LogP contribution in [0.15, 0.2) is 52.4 Å². The van der Waals surface area contributed by atoms with Gasteiger partial charge in [-0.15, -0.1) is 0 Å². The minimum Gasteiger partial charge on any atom is -0.371 e. The molecule has 186 valence electrons. The van der Waals surface area contributed by atoms with Crippen LogP contribution in [0.1, 0.15) is 42.8 Å². The number of aromatic nitrogens is 4. The van der Waals surface area contributed by atoms with Crippen molar-refractivity contribution >= 4 is 5.82 Å². The van der Waals surface area contributed by atoms with E-state index in [1.54, 1.807) is 33.2 Å². The van der Waals surface area contributed by atoms with Gasteiger partial charge in [0.15, 0.2) is 5.49 Å². The van der Waals surface area contributed by atoms with Gasteiger partial charge in [0.25, 0.3) is 12.0 Å². The van der Waals surface area contributed by atoms with Crippen LogP contribution in [-0.4, -0.2) is 25.6 Å². The molecule has 5 rings (SSSR count). The van der Waals surface area contributed by atoms with E-state index >= 15 is 0 Å². The molecule has 0 saturated carbocycles. The Balaban J connectivity index is 1.75. The first-order valence-electron chi connectivity index (χ1n) is 11.7. The number of fused-ring (bicyclic) bond motifs is 3. The molecule has 1 aromatic heterocycles. The second-order valence-corrected chi connectivity index (χ2v) is 8.89. The van der Waals surface area contributed by atoms with E-state index in [-0.39, 0.29) is 11.1 Å². The highest BCUT2D eigenvalue weighted by molar-refractivity contribution is 5.81. The minimum atomic E-state index is -2.92. The summed E-state index contributed by atoms with van der Waals surface area (Å²) >= 11 is 0. The Hall–Kier alpha value is -3.95. The summed E-state index contributed by atoms with van der Waals surface area (Å²) in [6.07, 6.45) is -0.333. The number of benzene rings is 1. The van der Waals surface area contributed by atoms with Gasteiger partial charge in [0.2, 0.25) is 0 Å². The Morgan fingerprint density at radius 3 is 2.64 bits per heavy atom. The molecule has 3 aliphatic rings. The maximum Gasteiger partial charge on any atom is 0.266 e. The second-order valence-electron chi connectivity index (χ2n) is 8.89. The molecule has 1 N–H and O–H groups in total. The van der Waals surface area contributed by atoms with Crippen LogP contribution in [0.5, 0.6) is 0 Å². The lowest BCUT2D eigenvalue weighted by atomic mass is 10.0. The largest absolute Gasteiger partial charge is 0.371 e. The van der Waals surface area contributed by atoms with Crippen LogP contribution >= 0.6 is 0 Å². The van der Waals surface area contributed by atoms with Gasteiger partial charge in [-0.25, -0.2) is 23.1 Å². The number of hydrogen-bond donors (Lipinski definition) is 1. The summed E-state index contributed by atoms with van der Waals surface area (Å²) in [5.74, 6) is 1.02. The molecule has 10 heteroatoms. The molecule has 0 spiro atoms. The SMILES string of the molecule is Cc1nc2n3c(c(-c4ccn(C)c(=O)c4)cc-2c(=NC(C)c2cccc(C(F)F)c2F)n1)NCCC3. The highest BCUT2D eigenvalue weighted by atomic mass is 19.3. The Bertz CT molecular complexity index is 1560. The normalized spacial score (nSPS) is 14.7. The molecule has 0 saturated heterocycles. The Morgan fingerprint density at radius 2 is 1.89 bits per heavy atom. The van der Waals surface area contributed by atoms with Gasteiger partial charge < -0.3 is 14.5 Å². The lowest BCUT2D eigenvalue weighted by Gasteiger charge is -2.28. The molecule has 0 fully saturated rings.